The molecule has 31 heavy (non-hydrogen) atoms. The van der Waals surface area contributed by atoms with Crippen LogP contribution in [0.1, 0.15) is 61.9 Å². The first-order valence-electron chi connectivity index (χ1n) is 11.0. The molecule has 0 aliphatic heterocycles. The predicted molar refractivity (Wildman–Crippen MR) is 126 cm³/mol. The second-order valence-electron chi connectivity index (χ2n) is 7.61. The zero-order chi connectivity index (χ0) is 22.2. The van der Waals surface area contributed by atoms with E-state index in [1.165, 1.54) is 5.56 Å². The molecule has 0 saturated carbocycles. The Balaban J connectivity index is 1.54. The Kier molecular flexibility index (Phi) is 7.76. The largest absolute Gasteiger partial charge is 0.486 e. The average molecular weight is 421 g/mol. The summed E-state index contributed by atoms with van der Waals surface area (Å²) < 4.78 is 11.5. The molecule has 1 atom stereocenters. The van der Waals surface area contributed by atoms with Crippen molar-refractivity contribution in [3.05, 3.63) is 77.7 Å². The highest BCUT2D eigenvalue weighted by molar-refractivity contribution is 6.02. The van der Waals surface area contributed by atoms with E-state index in [4.69, 9.17) is 9.15 Å². The fraction of sp³-hybridized carbons (Fsp3) is 0.346. The van der Waals surface area contributed by atoms with Gasteiger partial charge in [0, 0.05) is 24.5 Å². The number of hydrogen-bond donors (Lipinski definition) is 1. The lowest BCUT2D eigenvalue weighted by atomic mass is 9.99. The van der Waals surface area contributed by atoms with Gasteiger partial charge in [-0.15, -0.1) is 0 Å². The van der Waals surface area contributed by atoms with Crippen LogP contribution >= 0.6 is 0 Å². The quantitative estimate of drug-likeness (QED) is 0.408. The molecule has 0 aliphatic rings. The van der Waals surface area contributed by atoms with Crippen LogP contribution in [0.3, 0.4) is 0 Å². The second kappa shape index (κ2) is 10.7. The van der Waals surface area contributed by atoms with Gasteiger partial charge in [0.05, 0.1) is 0 Å². The Bertz CT molecular complexity index is 957. The van der Waals surface area contributed by atoms with Gasteiger partial charge in [-0.05, 0) is 80.3 Å². The molecule has 2 aromatic carbocycles. The number of hydrogen-bond acceptors (Lipinski definition) is 4. The standard InChI is InChI=1S/C26H32N2O3/c1-5-19(4)20-8-14-23(15-9-20)30-18-24-16-17-25(31-24)26(29)27-21-10-12-22(13-11-21)28(6-2)7-3/h8-17,19H,5-7,18H2,1-4H3,(H,27,29). The summed E-state index contributed by atoms with van der Waals surface area (Å²) in [7, 11) is 0. The first kappa shape index (κ1) is 22.5. The molecule has 1 N–H and O–H groups in total. The SMILES string of the molecule is CCC(C)c1ccc(OCc2ccc(C(=O)Nc3ccc(N(CC)CC)cc3)o2)cc1. The minimum atomic E-state index is -0.278. The van der Waals surface area contributed by atoms with Crippen molar-refractivity contribution in [3.8, 4) is 5.75 Å². The molecule has 3 rings (SSSR count). The summed E-state index contributed by atoms with van der Waals surface area (Å²) in [5, 5.41) is 2.88. The van der Waals surface area contributed by atoms with E-state index in [1.807, 2.05) is 36.4 Å². The first-order chi connectivity index (χ1) is 15.0. The van der Waals surface area contributed by atoms with Crippen molar-refractivity contribution in [3.63, 3.8) is 0 Å². The summed E-state index contributed by atoms with van der Waals surface area (Å²) in [6.07, 6.45) is 1.11. The van der Waals surface area contributed by atoms with E-state index in [2.05, 4.69) is 50.0 Å². The third-order valence-corrected chi connectivity index (χ3v) is 5.58. The van der Waals surface area contributed by atoms with E-state index < -0.39 is 0 Å². The van der Waals surface area contributed by atoms with Crippen molar-refractivity contribution in [1.29, 1.82) is 0 Å². The van der Waals surface area contributed by atoms with Gasteiger partial charge in [0.2, 0.25) is 0 Å². The number of carbonyl (C=O) groups excluding carboxylic acids is 1. The van der Waals surface area contributed by atoms with Gasteiger partial charge in [-0.3, -0.25) is 4.79 Å². The molecular weight excluding hydrogens is 388 g/mol. The monoisotopic (exact) mass is 420 g/mol. The average Bonchev–Trinajstić information content (AvgIpc) is 3.29. The first-order valence-corrected chi connectivity index (χ1v) is 11.0. The van der Waals surface area contributed by atoms with E-state index in [0.29, 0.717) is 11.7 Å². The number of nitrogens with zero attached hydrogens (tertiary/aromatic N) is 1. The molecule has 1 amide bonds. The Hall–Kier alpha value is -3.21. The van der Waals surface area contributed by atoms with Gasteiger partial charge in [0.1, 0.15) is 18.1 Å². The molecule has 5 nitrogen and oxygen atoms in total. The summed E-state index contributed by atoms with van der Waals surface area (Å²) in [5.74, 6) is 1.91. The molecule has 164 valence electrons. The fourth-order valence-corrected chi connectivity index (χ4v) is 3.40. The lowest BCUT2D eigenvalue weighted by molar-refractivity contribution is 0.0992. The van der Waals surface area contributed by atoms with Gasteiger partial charge in [0.25, 0.3) is 5.91 Å². The molecule has 0 spiro atoms. The Labute approximate surface area is 185 Å². The summed E-state index contributed by atoms with van der Waals surface area (Å²) in [6.45, 7) is 10.8. The third kappa shape index (κ3) is 5.91. The molecule has 0 saturated heterocycles. The fourth-order valence-electron chi connectivity index (χ4n) is 3.40. The molecule has 5 heteroatoms. The zero-order valence-electron chi connectivity index (χ0n) is 18.9. The number of furan rings is 1. The molecule has 1 unspecified atom stereocenters. The van der Waals surface area contributed by atoms with Crippen molar-refractivity contribution in [2.75, 3.05) is 23.3 Å². The van der Waals surface area contributed by atoms with Crippen LogP contribution in [0.25, 0.3) is 0 Å². The maximum atomic E-state index is 12.5. The van der Waals surface area contributed by atoms with Gasteiger partial charge in [0.15, 0.2) is 5.76 Å². The Morgan fingerprint density at radius 3 is 2.26 bits per heavy atom. The molecule has 0 fully saturated rings. The van der Waals surface area contributed by atoms with E-state index in [9.17, 15) is 4.79 Å². The lowest BCUT2D eigenvalue weighted by Gasteiger charge is -2.21. The highest BCUT2D eigenvalue weighted by atomic mass is 16.5. The minimum Gasteiger partial charge on any atom is -0.486 e. The van der Waals surface area contributed by atoms with E-state index >= 15 is 0 Å². The zero-order valence-corrected chi connectivity index (χ0v) is 18.9. The second-order valence-corrected chi connectivity index (χ2v) is 7.61. The van der Waals surface area contributed by atoms with Crippen molar-refractivity contribution < 1.29 is 13.9 Å². The summed E-state index contributed by atoms with van der Waals surface area (Å²) in [6, 6.07) is 19.4. The van der Waals surface area contributed by atoms with Crippen molar-refractivity contribution in [2.24, 2.45) is 0 Å². The minimum absolute atomic E-state index is 0.263. The maximum absolute atomic E-state index is 12.5. The number of amides is 1. The highest BCUT2D eigenvalue weighted by Gasteiger charge is 2.12. The summed E-state index contributed by atoms with van der Waals surface area (Å²) in [5.41, 5.74) is 3.17. The number of carbonyl (C=O) groups is 1. The van der Waals surface area contributed by atoms with E-state index in [1.54, 1.807) is 12.1 Å². The Morgan fingerprint density at radius 2 is 1.65 bits per heavy atom. The number of anilines is 2. The van der Waals surface area contributed by atoms with Crippen LogP contribution in [0, 0.1) is 0 Å². The van der Waals surface area contributed by atoms with Crippen LogP contribution in [0.5, 0.6) is 5.75 Å². The van der Waals surface area contributed by atoms with E-state index in [0.717, 1.165) is 36.6 Å². The maximum Gasteiger partial charge on any atom is 0.291 e. The molecule has 0 bridgehead atoms. The van der Waals surface area contributed by atoms with Crippen molar-refractivity contribution >= 4 is 17.3 Å². The van der Waals surface area contributed by atoms with Crippen LogP contribution in [0.2, 0.25) is 0 Å². The summed E-state index contributed by atoms with van der Waals surface area (Å²) >= 11 is 0. The van der Waals surface area contributed by atoms with Crippen molar-refractivity contribution in [2.45, 2.75) is 46.6 Å². The third-order valence-electron chi connectivity index (χ3n) is 5.58. The molecule has 0 aliphatic carbocycles. The smallest absolute Gasteiger partial charge is 0.291 e. The van der Waals surface area contributed by atoms with Gasteiger partial charge in [-0.1, -0.05) is 26.0 Å². The lowest BCUT2D eigenvalue weighted by Crippen LogP contribution is -2.21. The topological polar surface area (TPSA) is 54.7 Å². The molecule has 0 radical (unpaired) electrons. The number of nitrogens with one attached hydrogen (secondary N) is 1. The predicted octanol–water partition coefficient (Wildman–Crippen LogP) is 6.47. The molecule has 3 aromatic rings. The number of ether oxygens (including phenoxy) is 1. The normalized spacial score (nSPS) is 11.7. The van der Waals surface area contributed by atoms with Gasteiger partial charge < -0.3 is 19.4 Å². The van der Waals surface area contributed by atoms with Crippen LogP contribution in [0.15, 0.2) is 65.1 Å². The number of rotatable bonds is 10. The van der Waals surface area contributed by atoms with Gasteiger partial charge >= 0.3 is 0 Å². The van der Waals surface area contributed by atoms with Crippen LogP contribution in [-0.4, -0.2) is 19.0 Å². The number of benzene rings is 2. The van der Waals surface area contributed by atoms with E-state index in [-0.39, 0.29) is 18.3 Å². The van der Waals surface area contributed by atoms with Gasteiger partial charge in [-0.25, -0.2) is 0 Å². The Morgan fingerprint density at radius 1 is 0.968 bits per heavy atom. The summed E-state index contributed by atoms with van der Waals surface area (Å²) in [4.78, 5) is 14.8. The highest BCUT2D eigenvalue weighted by Crippen LogP contribution is 2.23. The van der Waals surface area contributed by atoms with Crippen LogP contribution in [-0.2, 0) is 6.61 Å². The molecule has 1 aromatic heterocycles. The van der Waals surface area contributed by atoms with Gasteiger partial charge in [-0.2, -0.15) is 0 Å². The van der Waals surface area contributed by atoms with Crippen LogP contribution in [0.4, 0.5) is 11.4 Å². The van der Waals surface area contributed by atoms with Crippen molar-refractivity contribution in [1.82, 2.24) is 0 Å². The molecule has 1 heterocycles. The van der Waals surface area contributed by atoms with Crippen LogP contribution < -0.4 is 15.0 Å². The molecular formula is C26H32N2O3.